The molecule has 4 rings (SSSR count). The minimum absolute atomic E-state index is 0.0552. The van der Waals surface area contributed by atoms with Crippen LogP contribution in [0.25, 0.3) is 11.0 Å². The molecular weight excluding hydrogens is 474 g/mol. The summed E-state index contributed by atoms with van der Waals surface area (Å²) in [5, 5.41) is 3.78. The summed E-state index contributed by atoms with van der Waals surface area (Å²) in [4.78, 5) is 18.2. The van der Waals surface area contributed by atoms with E-state index < -0.39 is 6.04 Å². The molecule has 7 heteroatoms. The van der Waals surface area contributed by atoms with Gasteiger partial charge < -0.3 is 19.4 Å². The van der Waals surface area contributed by atoms with Crippen LogP contribution in [0.5, 0.6) is 11.5 Å². The third kappa shape index (κ3) is 5.49. The first kappa shape index (κ1) is 25.6. The molecular formula is C29H32ClN3O3. The highest BCUT2D eigenvalue weighted by molar-refractivity contribution is 6.30. The fourth-order valence-electron chi connectivity index (χ4n) is 4.42. The number of nitrogens with one attached hydrogen (secondary N) is 1. The number of rotatable bonds is 9. The Morgan fingerprint density at radius 1 is 1.00 bits per heavy atom. The molecule has 0 aliphatic heterocycles. The zero-order chi connectivity index (χ0) is 25.8. The van der Waals surface area contributed by atoms with Crippen LogP contribution in [0.1, 0.15) is 41.0 Å². The van der Waals surface area contributed by atoms with Gasteiger partial charge in [-0.25, -0.2) is 4.98 Å². The van der Waals surface area contributed by atoms with Gasteiger partial charge in [0.1, 0.15) is 11.9 Å². The molecule has 4 aromatic rings. The number of nitrogens with zero attached hydrogens (tertiary/aromatic N) is 2. The number of benzene rings is 3. The molecule has 1 N–H and O–H groups in total. The number of methoxy groups -OCH3 is 2. The summed E-state index contributed by atoms with van der Waals surface area (Å²) in [6.45, 7) is 6.59. The zero-order valence-electron chi connectivity index (χ0n) is 21.4. The fraction of sp³-hybridized carbons (Fsp3) is 0.310. The van der Waals surface area contributed by atoms with E-state index in [0.29, 0.717) is 35.9 Å². The van der Waals surface area contributed by atoms with Crippen LogP contribution in [-0.2, 0) is 17.6 Å². The van der Waals surface area contributed by atoms with Crippen molar-refractivity contribution in [2.75, 3.05) is 20.8 Å². The van der Waals surface area contributed by atoms with E-state index in [1.165, 1.54) is 11.1 Å². The summed E-state index contributed by atoms with van der Waals surface area (Å²) in [6.07, 6.45) is 1.26. The van der Waals surface area contributed by atoms with Gasteiger partial charge in [-0.05, 0) is 85.8 Å². The summed E-state index contributed by atoms with van der Waals surface area (Å²) in [6, 6.07) is 17.3. The third-order valence-corrected chi connectivity index (χ3v) is 6.79. The molecule has 1 heterocycles. The van der Waals surface area contributed by atoms with Crippen molar-refractivity contribution in [2.24, 2.45) is 0 Å². The van der Waals surface area contributed by atoms with Crippen molar-refractivity contribution in [2.45, 2.75) is 39.7 Å². The molecule has 0 fully saturated rings. The zero-order valence-corrected chi connectivity index (χ0v) is 22.1. The van der Waals surface area contributed by atoms with Crippen LogP contribution in [0, 0.1) is 13.8 Å². The highest BCUT2D eigenvalue weighted by Crippen LogP contribution is 2.28. The van der Waals surface area contributed by atoms with E-state index in [2.05, 4.69) is 35.9 Å². The summed E-state index contributed by atoms with van der Waals surface area (Å²) in [7, 11) is 3.23. The average molecular weight is 506 g/mol. The molecule has 0 saturated carbocycles. The van der Waals surface area contributed by atoms with Crippen molar-refractivity contribution in [3.05, 3.63) is 87.7 Å². The van der Waals surface area contributed by atoms with E-state index in [0.717, 1.165) is 28.0 Å². The first-order valence-electron chi connectivity index (χ1n) is 12.0. The molecule has 1 amide bonds. The van der Waals surface area contributed by atoms with Gasteiger partial charge in [-0.1, -0.05) is 29.8 Å². The highest BCUT2D eigenvalue weighted by atomic mass is 35.5. The van der Waals surface area contributed by atoms with Gasteiger partial charge in [0.25, 0.3) is 0 Å². The lowest BCUT2D eigenvalue weighted by atomic mass is 10.1. The standard InChI is InChI=1S/C29H32ClN3O3/c1-18-13-24-25(14-19(18)2)33(28(32-24)17-22-7-6-8-23(30)15-22)20(3)29(34)31-12-11-21-9-10-26(35-4)27(16-21)36-5/h6-10,13-16,20H,11-12,17H2,1-5H3,(H,31,34)/t20-/m1/s1. The average Bonchev–Trinajstić information content (AvgIpc) is 3.19. The number of aryl methyl sites for hydroxylation is 2. The summed E-state index contributed by atoms with van der Waals surface area (Å²) in [5.41, 5.74) is 6.29. The molecule has 188 valence electrons. The highest BCUT2D eigenvalue weighted by Gasteiger charge is 2.22. The lowest BCUT2D eigenvalue weighted by Crippen LogP contribution is -2.33. The van der Waals surface area contributed by atoms with Gasteiger partial charge in [-0.15, -0.1) is 0 Å². The van der Waals surface area contributed by atoms with E-state index >= 15 is 0 Å². The molecule has 0 unspecified atom stereocenters. The summed E-state index contributed by atoms with van der Waals surface area (Å²) in [5.74, 6) is 2.14. The van der Waals surface area contributed by atoms with E-state index in [-0.39, 0.29) is 5.91 Å². The molecule has 1 atom stereocenters. The van der Waals surface area contributed by atoms with Gasteiger partial charge >= 0.3 is 0 Å². The van der Waals surface area contributed by atoms with Crippen molar-refractivity contribution in [3.8, 4) is 11.5 Å². The minimum Gasteiger partial charge on any atom is -0.493 e. The first-order valence-corrected chi connectivity index (χ1v) is 12.4. The number of carbonyl (C=O) groups is 1. The smallest absolute Gasteiger partial charge is 0.242 e. The Bertz CT molecular complexity index is 1400. The van der Waals surface area contributed by atoms with Crippen LogP contribution in [0.15, 0.2) is 54.6 Å². The molecule has 36 heavy (non-hydrogen) atoms. The Hall–Kier alpha value is -3.51. The SMILES string of the molecule is COc1ccc(CCNC(=O)[C@@H](C)n2c(Cc3cccc(Cl)c3)nc3cc(C)c(C)cc32)cc1OC. The Labute approximate surface area is 217 Å². The maximum Gasteiger partial charge on any atom is 0.242 e. The summed E-state index contributed by atoms with van der Waals surface area (Å²) >= 11 is 6.22. The van der Waals surface area contributed by atoms with Crippen LogP contribution < -0.4 is 14.8 Å². The second kappa shape index (κ2) is 11.0. The number of imidazole rings is 1. The molecule has 0 aliphatic rings. The minimum atomic E-state index is -0.434. The van der Waals surface area contributed by atoms with Gasteiger partial charge in [0.15, 0.2) is 11.5 Å². The predicted octanol–water partition coefficient (Wildman–Crippen LogP) is 5.83. The van der Waals surface area contributed by atoms with E-state index in [1.807, 2.05) is 49.4 Å². The van der Waals surface area contributed by atoms with Crippen molar-refractivity contribution < 1.29 is 14.3 Å². The maximum absolute atomic E-state index is 13.3. The quantitative estimate of drug-likeness (QED) is 0.310. The lowest BCUT2D eigenvalue weighted by molar-refractivity contribution is -0.123. The maximum atomic E-state index is 13.3. The Morgan fingerprint density at radius 2 is 1.75 bits per heavy atom. The van der Waals surface area contributed by atoms with E-state index in [1.54, 1.807) is 14.2 Å². The van der Waals surface area contributed by atoms with Crippen LogP contribution in [0.4, 0.5) is 0 Å². The van der Waals surface area contributed by atoms with Gasteiger partial charge in [0, 0.05) is 18.0 Å². The first-order chi connectivity index (χ1) is 17.3. The van der Waals surface area contributed by atoms with Gasteiger partial charge in [0.05, 0.1) is 25.3 Å². The second-order valence-corrected chi connectivity index (χ2v) is 9.47. The number of halogens is 1. The predicted molar refractivity (Wildman–Crippen MR) is 144 cm³/mol. The molecule has 0 saturated heterocycles. The molecule has 0 radical (unpaired) electrons. The number of fused-ring (bicyclic) bond motifs is 1. The number of ether oxygens (including phenoxy) is 2. The molecule has 1 aromatic heterocycles. The van der Waals surface area contributed by atoms with Crippen molar-refractivity contribution in [1.29, 1.82) is 0 Å². The number of aromatic nitrogens is 2. The molecule has 0 bridgehead atoms. The topological polar surface area (TPSA) is 65.4 Å². The van der Waals surface area contributed by atoms with Gasteiger partial charge in [0.2, 0.25) is 5.91 Å². The fourth-order valence-corrected chi connectivity index (χ4v) is 4.63. The van der Waals surface area contributed by atoms with Crippen molar-refractivity contribution >= 4 is 28.5 Å². The largest absolute Gasteiger partial charge is 0.493 e. The summed E-state index contributed by atoms with van der Waals surface area (Å²) < 4.78 is 12.7. The number of hydrogen-bond acceptors (Lipinski definition) is 4. The van der Waals surface area contributed by atoms with Gasteiger partial charge in [-0.3, -0.25) is 4.79 Å². The van der Waals surface area contributed by atoms with Crippen LogP contribution in [0.3, 0.4) is 0 Å². The Morgan fingerprint density at radius 3 is 2.47 bits per heavy atom. The van der Waals surface area contributed by atoms with E-state index in [9.17, 15) is 4.79 Å². The van der Waals surface area contributed by atoms with Crippen molar-refractivity contribution in [1.82, 2.24) is 14.9 Å². The molecule has 0 spiro atoms. The van der Waals surface area contributed by atoms with Gasteiger partial charge in [-0.2, -0.15) is 0 Å². The van der Waals surface area contributed by atoms with Crippen LogP contribution >= 0.6 is 11.6 Å². The third-order valence-electron chi connectivity index (χ3n) is 6.56. The number of hydrogen-bond donors (Lipinski definition) is 1. The second-order valence-electron chi connectivity index (χ2n) is 9.04. The van der Waals surface area contributed by atoms with Crippen LogP contribution in [0.2, 0.25) is 5.02 Å². The number of carbonyl (C=O) groups excluding carboxylic acids is 1. The number of amides is 1. The monoisotopic (exact) mass is 505 g/mol. The normalized spacial score (nSPS) is 11.9. The molecule has 3 aromatic carbocycles. The lowest BCUT2D eigenvalue weighted by Gasteiger charge is -2.18. The van der Waals surface area contributed by atoms with Crippen molar-refractivity contribution in [3.63, 3.8) is 0 Å². The molecule has 6 nitrogen and oxygen atoms in total. The Balaban J connectivity index is 1.56. The molecule has 0 aliphatic carbocycles. The Kier molecular flexibility index (Phi) is 7.85. The van der Waals surface area contributed by atoms with E-state index in [4.69, 9.17) is 26.1 Å². The van der Waals surface area contributed by atoms with Crippen LogP contribution in [-0.4, -0.2) is 36.2 Å².